The van der Waals surface area contributed by atoms with Gasteiger partial charge < -0.3 is 19.6 Å². The predicted octanol–water partition coefficient (Wildman–Crippen LogP) is 3.46. The van der Waals surface area contributed by atoms with Crippen LogP contribution in [0, 0.1) is 11.8 Å². The van der Waals surface area contributed by atoms with Gasteiger partial charge in [0, 0.05) is 56.9 Å². The van der Waals surface area contributed by atoms with E-state index in [0.29, 0.717) is 18.7 Å². The average molecular weight is 466 g/mol. The van der Waals surface area contributed by atoms with E-state index in [1.54, 1.807) is 31.4 Å². The maximum absolute atomic E-state index is 13.1. The number of rotatable bonds is 8. The Morgan fingerprint density at radius 3 is 2.29 bits per heavy atom. The first kappa shape index (κ1) is 24.1. The third-order valence-electron chi connectivity index (χ3n) is 7.26. The number of para-hydroxylation sites is 1. The number of nitrogens with zero attached hydrogens (tertiary/aromatic N) is 3. The van der Waals surface area contributed by atoms with Crippen molar-refractivity contribution < 1.29 is 19.4 Å². The van der Waals surface area contributed by atoms with Crippen LogP contribution in [0.2, 0.25) is 0 Å². The molecule has 2 aliphatic heterocycles. The predicted molar refractivity (Wildman–Crippen MR) is 132 cm³/mol. The molecule has 2 unspecified atom stereocenters. The van der Waals surface area contributed by atoms with Gasteiger partial charge in [-0.2, -0.15) is 0 Å². The highest BCUT2D eigenvalue weighted by molar-refractivity contribution is 5.94. The van der Waals surface area contributed by atoms with Gasteiger partial charge in [-0.3, -0.25) is 14.5 Å². The van der Waals surface area contributed by atoms with Crippen LogP contribution in [0.25, 0.3) is 0 Å². The lowest BCUT2D eigenvalue weighted by Gasteiger charge is -2.40. The van der Waals surface area contributed by atoms with Gasteiger partial charge >= 0.3 is 5.97 Å². The fourth-order valence-electron chi connectivity index (χ4n) is 5.22. The summed E-state index contributed by atoms with van der Waals surface area (Å²) in [5.74, 6) is 0.295. The number of hydrogen-bond donors (Lipinski definition) is 1. The van der Waals surface area contributed by atoms with Crippen LogP contribution in [0.1, 0.15) is 29.6 Å². The number of methoxy groups -OCH3 is 1. The van der Waals surface area contributed by atoms with Crippen LogP contribution < -0.4 is 9.64 Å². The van der Waals surface area contributed by atoms with E-state index >= 15 is 0 Å². The van der Waals surface area contributed by atoms with Gasteiger partial charge in [-0.15, -0.1) is 0 Å². The zero-order valence-electron chi connectivity index (χ0n) is 19.9. The number of anilines is 1. The molecule has 0 aliphatic carbocycles. The molecule has 2 saturated heterocycles. The van der Waals surface area contributed by atoms with E-state index in [1.807, 2.05) is 11.0 Å². The number of piperidine rings is 1. The number of aliphatic carboxylic acids is 1. The van der Waals surface area contributed by atoms with Crippen LogP contribution in [-0.2, 0) is 4.79 Å². The highest BCUT2D eigenvalue weighted by Crippen LogP contribution is 2.31. The van der Waals surface area contributed by atoms with E-state index in [9.17, 15) is 14.7 Å². The fraction of sp³-hybridized carbons (Fsp3) is 0.481. The Bertz CT molecular complexity index is 942. The van der Waals surface area contributed by atoms with Crippen molar-refractivity contribution >= 4 is 17.6 Å². The smallest absolute Gasteiger partial charge is 0.303 e. The number of piperazine rings is 1. The van der Waals surface area contributed by atoms with Gasteiger partial charge in [-0.05, 0) is 67.6 Å². The first-order valence-corrected chi connectivity index (χ1v) is 12.2. The minimum absolute atomic E-state index is 0.0119. The molecule has 7 heteroatoms. The second-order valence-electron chi connectivity index (χ2n) is 9.34. The van der Waals surface area contributed by atoms with Crippen molar-refractivity contribution in [3.8, 4) is 5.75 Å². The topological polar surface area (TPSA) is 73.3 Å². The number of amides is 1. The molecule has 2 aromatic carbocycles. The zero-order chi connectivity index (χ0) is 23.9. The second kappa shape index (κ2) is 11.4. The molecule has 2 heterocycles. The molecule has 0 aromatic heterocycles. The summed E-state index contributed by atoms with van der Waals surface area (Å²) in [6, 6.07) is 17.7. The summed E-state index contributed by atoms with van der Waals surface area (Å²) in [5, 5.41) is 9.43. The monoisotopic (exact) mass is 465 g/mol. The molecule has 2 aromatic rings. The van der Waals surface area contributed by atoms with Crippen LogP contribution in [0.3, 0.4) is 0 Å². The first-order chi connectivity index (χ1) is 16.5. The van der Waals surface area contributed by atoms with Crippen molar-refractivity contribution in [3.63, 3.8) is 0 Å². The second-order valence-corrected chi connectivity index (χ2v) is 9.34. The van der Waals surface area contributed by atoms with Crippen molar-refractivity contribution in [1.82, 2.24) is 9.80 Å². The van der Waals surface area contributed by atoms with E-state index in [0.717, 1.165) is 51.3 Å². The maximum Gasteiger partial charge on any atom is 0.303 e. The van der Waals surface area contributed by atoms with Gasteiger partial charge in [-0.25, -0.2) is 0 Å². The van der Waals surface area contributed by atoms with Gasteiger partial charge in [0.1, 0.15) is 5.75 Å². The standard InChI is InChI=1S/C27H35N3O4/c1-34-25-9-7-21(8-10-25)27(33)30-14-12-22(19-26(31)32)23(20-30)11-13-28-15-17-29(18-16-28)24-5-3-2-4-6-24/h2-10,22-23H,11-20H2,1H3,(H,31,32). The van der Waals surface area contributed by atoms with Crippen molar-refractivity contribution in [3.05, 3.63) is 60.2 Å². The minimum Gasteiger partial charge on any atom is -0.497 e. The largest absolute Gasteiger partial charge is 0.497 e. The molecule has 0 radical (unpaired) electrons. The molecule has 182 valence electrons. The Hall–Kier alpha value is -3.06. The van der Waals surface area contributed by atoms with Crippen molar-refractivity contribution in [1.29, 1.82) is 0 Å². The molecular weight excluding hydrogens is 430 g/mol. The highest BCUT2D eigenvalue weighted by Gasteiger charge is 2.33. The van der Waals surface area contributed by atoms with Crippen molar-refractivity contribution in [2.75, 3.05) is 57.8 Å². The molecule has 7 nitrogen and oxygen atoms in total. The molecule has 0 bridgehead atoms. The molecule has 2 fully saturated rings. The van der Waals surface area contributed by atoms with Crippen LogP contribution in [0.15, 0.2) is 54.6 Å². The SMILES string of the molecule is COc1ccc(C(=O)N2CCC(CC(=O)O)C(CCN3CCN(c4ccccc4)CC3)C2)cc1. The molecule has 1 N–H and O–H groups in total. The number of likely N-dealkylation sites (tertiary alicyclic amines) is 1. The van der Waals surface area contributed by atoms with Crippen molar-refractivity contribution in [2.24, 2.45) is 11.8 Å². The van der Waals surface area contributed by atoms with E-state index in [2.05, 4.69) is 34.1 Å². The average Bonchev–Trinajstić information content (AvgIpc) is 2.88. The normalized spacial score (nSPS) is 21.3. The van der Waals surface area contributed by atoms with Gasteiger partial charge in [0.05, 0.1) is 7.11 Å². The number of carboxylic acids is 1. The number of ether oxygens (including phenoxy) is 1. The summed E-state index contributed by atoms with van der Waals surface area (Å²) in [6.45, 7) is 6.15. The molecule has 1 amide bonds. The van der Waals surface area contributed by atoms with Crippen LogP contribution in [-0.4, -0.2) is 79.7 Å². The van der Waals surface area contributed by atoms with Gasteiger partial charge in [0.2, 0.25) is 0 Å². The van der Waals surface area contributed by atoms with E-state index in [1.165, 1.54) is 5.69 Å². The maximum atomic E-state index is 13.1. The molecule has 34 heavy (non-hydrogen) atoms. The van der Waals surface area contributed by atoms with Gasteiger partial charge in [-0.1, -0.05) is 18.2 Å². The van der Waals surface area contributed by atoms with E-state index in [-0.39, 0.29) is 24.2 Å². The summed E-state index contributed by atoms with van der Waals surface area (Å²) >= 11 is 0. The van der Waals surface area contributed by atoms with Crippen LogP contribution in [0.4, 0.5) is 5.69 Å². The third-order valence-corrected chi connectivity index (χ3v) is 7.26. The Morgan fingerprint density at radius 1 is 0.941 bits per heavy atom. The molecule has 0 spiro atoms. The highest BCUT2D eigenvalue weighted by atomic mass is 16.5. The summed E-state index contributed by atoms with van der Waals surface area (Å²) in [5.41, 5.74) is 1.91. The summed E-state index contributed by atoms with van der Waals surface area (Å²) < 4.78 is 5.20. The Labute approximate surface area is 201 Å². The van der Waals surface area contributed by atoms with Crippen molar-refractivity contribution in [2.45, 2.75) is 19.3 Å². The fourth-order valence-corrected chi connectivity index (χ4v) is 5.22. The molecular formula is C27H35N3O4. The zero-order valence-corrected chi connectivity index (χ0v) is 19.9. The molecule has 0 saturated carbocycles. The Kier molecular flexibility index (Phi) is 8.06. The lowest BCUT2D eigenvalue weighted by atomic mass is 9.81. The number of carbonyl (C=O) groups is 2. The summed E-state index contributed by atoms with van der Waals surface area (Å²) in [4.78, 5) is 31.4. The number of carbonyl (C=O) groups excluding carboxylic acids is 1. The minimum atomic E-state index is -0.749. The van der Waals surface area contributed by atoms with E-state index in [4.69, 9.17) is 4.74 Å². The quantitative estimate of drug-likeness (QED) is 0.644. The van der Waals surface area contributed by atoms with Gasteiger partial charge in [0.25, 0.3) is 5.91 Å². The lowest BCUT2D eigenvalue weighted by molar-refractivity contribution is -0.139. The molecule has 2 atom stereocenters. The Balaban J connectivity index is 1.33. The number of carboxylic acid groups (broad SMARTS) is 1. The molecule has 2 aliphatic rings. The van der Waals surface area contributed by atoms with Crippen LogP contribution >= 0.6 is 0 Å². The lowest BCUT2D eigenvalue weighted by Crippen LogP contribution is -2.48. The Morgan fingerprint density at radius 2 is 1.65 bits per heavy atom. The summed E-state index contributed by atoms with van der Waals surface area (Å²) in [6.07, 6.45) is 1.83. The number of benzene rings is 2. The summed E-state index contributed by atoms with van der Waals surface area (Å²) in [7, 11) is 1.61. The van der Waals surface area contributed by atoms with Gasteiger partial charge in [0.15, 0.2) is 0 Å². The first-order valence-electron chi connectivity index (χ1n) is 12.2. The number of hydrogen-bond acceptors (Lipinski definition) is 5. The van der Waals surface area contributed by atoms with E-state index < -0.39 is 5.97 Å². The third kappa shape index (κ3) is 6.08. The molecule has 4 rings (SSSR count). The van der Waals surface area contributed by atoms with Crippen LogP contribution in [0.5, 0.6) is 5.75 Å².